The molecule has 1 aromatic carbocycles. The summed E-state index contributed by atoms with van der Waals surface area (Å²) in [6.45, 7) is 7.77. The summed E-state index contributed by atoms with van der Waals surface area (Å²) in [5.74, 6) is 0.295. The highest BCUT2D eigenvalue weighted by Crippen LogP contribution is 2.36. The Morgan fingerprint density at radius 2 is 1.74 bits per heavy atom. The van der Waals surface area contributed by atoms with E-state index in [-0.39, 0.29) is 23.7 Å². The third-order valence-corrected chi connectivity index (χ3v) is 7.55. The van der Waals surface area contributed by atoms with Crippen LogP contribution in [0.15, 0.2) is 65.3 Å². The maximum absolute atomic E-state index is 13.9. The zero-order valence-corrected chi connectivity index (χ0v) is 22.7. The Balaban J connectivity index is 1.57. The number of nitrogens with two attached hydrogens (primary N) is 1. The van der Waals surface area contributed by atoms with Gasteiger partial charge in [-0.15, -0.1) is 11.3 Å². The van der Waals surface area contributed by atoms with Crippen LogP contribution >= 0.6 is 11.3 Å². The first-order valence-electron chi connectivity index (χ1n) is 12.5. The molecule has 0 aliphatic heterocycles. The smallest absolute Gasteiger partial charge is 0.316 e. The molecule has 0 fully saturated rings. The fourth-order valence-electron chi connectivity index (χ4n) is 4.76. The molecule has 0 aliphatic rings. The van der Waals surface area contributed by atoms with Crippen LogP contribution in [0.5, 0.6) is 6.01 Å². The van der Waals surface area contributed by atoms with Crippen LogP contribution in [-0.2, 0) is 0 Å². The van der Waals surface area contributed by atoms with Crippen LogP contribution in [0.1, 0.15) is 38.1 Å². The first kappa shape index (κ1) is 24.7. The predicted octanol–water partition coefficient (Wildman–Crippen LogP) is 4.91. The molecule has 5 aromatic heterocycles. The van der Waals surface area contributed by atoms with E-state index in [9.17, 15) is 4.79 Å². The highest BCUT2D eigenvalue weighted by molar-refractivity contribution is 7.15. The van der Waals surface area contributed by atoms with E-state index in [0.717, 1.165) is 21.7 Å². The predicted molar refractivity (Wildman–Crippen MR) is 152 cm³/mol. The number of nitrogens with zero attached hydrogens (tertiary/aromatic N) is 7. The van der Waals surface area contributed by atoms with Crippen molar-refractivity contribution in [1.82, 2.24) is 34.1 Å². The van der Waals surface area contributed by atoms with Crippen molar-refractivity contribution in [3.63, 3.8) is 0 Å². The number of benzene rings is 1. The molecule has 2 N–H and O–H groups in total. The normalized spacial score (nSPS) is 12.4. The van der Waals surface area contributed by atoms with E-state index in [1.165, 1.54) is 17.7 Å². The van der Waals surface area contributed by atoms with Crippen molar-refractivity contribution in [2.45, 2.75) is 39.8 Å². The molecular weight excluding hydrogens is 512 g/mol. The molecule has 0 unspecified atom stereocenters. The van der Waals surface area contributed by atoms with Gasteiger partial charge in [0.2, 0.25) is 0 Å². The maximum Gasteiger partial charge on any atom is 0.316 e. The molecule has 39 heavy (non-hydrogen) atoms. The van der Waals surface area contributed by atoms with Gasteiger partial charge in [0.25, 0.3) is 5.56 Å². The van der Waals surface area contributed by atoms with Crippen LogP contribution in [-0.4, -0.2) is 40.2 Å². The van der Waals surface area contributed by atoms with E-state index in [4.69, 9.17) is 15.6 Å². The SMILES string of the molecule is Cc1csc2cc([C@H](C)n3nc(-c4cnc(OC(C)C)nc4)c4c(N)ncnc43)c(-c3ccccc3)c(=O)n12. The lowest BCUT2D eigenvalue weighted by atomic mass is 9.97. The van der Waals surface area contributed by atoms with E-state index < -0.39 is 0 Å². The van der Waals surface area contributed by atoms with Gasteiger partial charge in [-0.05, 0) is 44.9 Å². The van der Waals surface area contributed by atoms with Crippen LogP contribution < -0.4 is 16.0 Å². The largest absolute Gasteiger partial charge is 0.461 e. The molecule has 1 atom stereocenters. The van der Waals surface area contributed by atoms with Crippen LogP contribution in [0.2, 0.25) is 0 Å². The van der Waals surface area contributed by atoms with Crippen molar-refractivity contribution in [3.8, 4) is 28.4 Å². The molecule has 5 heterocycles. The number of pyridine rings is 1. The van der Waals surface area contributed by atoms with Crippen LogP contribution in [0.4, 0.5) is 5.82 Å². The van der Waals surface area contributed by atoms with Crippen molar-refractivity contribution in [3.05, 3.63) is 82.1 Å². The molecule has 196 valence electrons. The monoisotopic (exact) mass is 538 g/mol. The van der Waals surface area contributed by atoms with Gasteiger partial charge < -0.3 is 10.5 Å². The van der Waals surface area contributed by atoms with E-state index in [1.54, 1.807) is 21.5 Å². The molecule has 0 saturated heterocycles. The number of thiazole rings is 1. The van der Waals surface area contributed by atoms with Crippen molar-refractivity contribution in [2.75, 3.05) is 5.73 Å². The fraction of sp³-hybridized carbons (Fsp3) is 0.214. The number of aromatic nitrogens is 7. The number of hydrogen-bond acceptors (Lipinski definition) is 9. The fourth-order valence-corrected chi connectivity index (χ4v) is 5.68. The molecular formula is C28H26N8O2S. The number of hydrogen-bond donors (Lipinski definition) is 1. The number of ether oxygens (including phenoxy) is 1. The molecule has 0 amide bonds. The number of aryl methyl sites for hydroxylation is 1. The minimum atomic E-state index is -0.365. The number of nitrogen functional groups attached to an aromatic ring is 1. The van der Waals surface area contributed by atoms with Crippen LogP contribution in [0.3, 0.4) is 0 Å². The maximum atomic E-state index is 13.9. The molecule has 6 aromatic rings. The molecule has 6 rings (SSSR count). The quantitative estimate of drug-likeness (QED) is 0.317. The number of fused-ring (bicyclic) bond motifs is 2. The zero-order valence-electron chi connectivity index (χ0n) is 21.9. The molecule has 10 nitrogen and oxygen atoms in total. The van der Waals surface area contributed by atoms with Crippen molar-refractivity contribution < 1.29 is 4.74 Å². The summed E-state index contributed by atoms with van der Waals surface area (Å²) >= 11 is 1.53. The van der Waals surface area contributed by atoms with E-state index >= 15 is 0 Å². The van der Waals surface area contributed by atoms with Gasteiger partial charge in [-0.1, -0.05) is 30.3 Å². The van der Waals surface area contributed by atoms with Gasteiger partial charge in [0.05, 0.1) is 23.1 Å². The van der Waals surface area contributed by atoms with Gasteiger partial charge in [-0.25, -0.2) is 24.6 Å². The second kappa shape index (κ2) is 9.59. The Morgan fingerprint density at radius 3 is 2.46 bits per heavy atom. The summed E-state index contributed by atoms with van der Waals surface area (Å²) in [7, 11) is 0. The van der Waals surface area contributed by atoms with Crippen LogP contribution in [0.25, 0.3) is 38.2 Å². The summed E-state index contributed by atoms with van der Waals surface area (Å²) in [5.41, 5.74) is 11.2. The van der Waals surface area contributed by atoms with E-state index in [2.05, 4.69) is 26.0 Å². The highest BCUT2D eigenvalue weighted by Gasteiger charge is 2.25. The average Bonchev–Trinajstić information content (AvgIpc) is 3.50. The molecule has 0 spiro atoms. The van der Waals surface area contributed by atoms with Gasteiger partial charge in [-0.2, -0.15) is 5.10 Å². The summed E-state index contributed by atoms with van der Waals surface area (Å²) in [5, 5.41) is 7.53. The Labute approximate surface area is 227 Å². The van der Waals surface area contributed by atoms with Gasteiger partial charge in [0.15, 0.2) is 5.65 Å². The lowest BCUT2D eigenvalue weighted by Gasteiger charge is -2.18. The third-order valence-electron chi connectivity index (χ3n) is 6.55. The van der Waals surface area contributed by atoms with Crippen molar-refractivity contribution in [2.24, 2.45) is 0 Å². The average molecular weight is 539 g/mol. The van der Waals surface area contributed by atoms with Gasteiger partial charge >= 0.3 is 6.01 Å². The molecule has 0 saturated carbocycles. The molecule has 0 radical (unpaired) electrons. The highest BCUT2D eigenvalue weighted by atomic mass is 32.1. The van der Waals surface area contributed by atoms with Gasteiger partial charge in [0.1, 0.15) is 22.7 Å². The Bertz CT molecular complexity index is 1870. The first-order valence-corrected chi connectivity index (χ1v) is 13.4. The summed E-state index contributed by atoms with van der Waals surface area (Å²) < 4.78 is 9.14. The lowest BCUT2D eigenvalue weighted by molar-refractivity contribution is 0.222. The minimum absolute atomic E-state index is 0.0480. The standard InChI is InChI=1S/C28H26N8O2S/c1-15(2)38-28-30-11-19(12-31-28)24-23-25(29)32-14-33-26(23)36(34-24)17(4)20-10-21-35(16(3)13-39-21)27(37)22(20)18-8-6-5-7-9-18/h5-15,17H,1-4H3,(H2,29,32,33)/t17-/m0/s1. The Morgan fingerprint density at radius 1 is 1.00 bits per heavy atom. The molecule has 0 bridgehead atoms. The van der Waals surface area contributed by atoms with Gasteiger partial charge in [0, 0.05) is 29.0 Å². The van der Waals surface area contributed by atoms with Crippen molar-refractivity contribution in [1.29, 1.82) is 0 Å². The zero-order chi connectivity index (χ0) is 27.3. The third kappa shape index (κ3) is 4.20. The summed E-state index contributed by atoms with van der Waals surface area (Å²) in [4.78, 5) is 32.2. The molecule has 11 heteroatoms. The number of anilines is 1. The van der Waals surface area contributed by atoms with Gasteiger partial charge in [-0.3, -0.25) is 9.20 Å². The second-order valence-electron chi connectivity index (χ2n) is 9.54. The van der Waals surface area contributed by atoms with Crippen molar-refractivity contribution >= 4 is 33.0 Å². The summed E-state index contributed by atoms with van der Waals surface area (Å²) in [6, 6.07) is 11.7. The second-order valence-corrected chi connectivity index (χ2v) is 10.4. The summed E-state index contributed by atoms with van der Waals surface area (Å²) in [6.07, 6.45) is 4.67. The first-order chi connectivity index (χ1) is 18.8. The van der Waals surface area contributed by atoms with E-state index in [1.807, 2.05) is 63.4 Å². The Kier molecular flexibility index (Phi) is 6.07. The topological polar surface area (TPSA) is 126 Å². The minimum Gasteiger partial charge on any atom is -0.461 e. The number of rotatable bonds is 6. The molecule has 0 aliphatic carbocycles. The van der Waals surface area contributed by atoms with E-state index in [0.29, 0.717) is 33.7 Å². The lowest BCUT2D eigenvalue weighted by Crippen LogP contribution is -2.21. The van der Waals surface area contributed by atoms with Crippen LogP contribution in [0, 0.1) is 6.92 Å². The Hall–Kier alpha value is -4.64.